The lowest BCUT2D eigenvalue weighted by molar-refractivity contribution is -0.145. The number of halogens is 3. The summed E-state index contributed by atoms with van der Waals surface area (Å²) in [7, 11) is 0. The summed E-state index contributed by atoms with van der Waals surface area (Å²) < 4.78 is 41.3. The van der Waals surface area contributed by atoms with Crippen LogP contribution in [0.2, 0.25) is 0 Å². The second-order valence-corrected chi connectivity index (χ2v) is 8.70. The average Bonchev–Trinajstić information content (AvgIpc) is 3.06. The molecule has 2 aromatic heterocycles. The Hall–Kier alpha value is -2.86. The number of alkyl halides is 3. The number of carbonyl (C=O) groups excluding carboxylic acids is 1. The van der Waals surface area contributed by atoms with Crippen molar-refractivity contribution in [3.05, 3.63) is 47.3 Å². The molecule has 8 nitrogen and oxygen atoms in total. The molecule has 176 valence electrons. The Bertz CT molecular complexity index is 1240. The first-order valence-corrected chi connectivity index (χ1v) is 11.4. The van der Waals surface area contributed by atoms with Crippen molar-refractivity contribution in [1.82, 2.24) is 29.0 Å². The molecule has 12 heteroatoms. The standard InChI is InChI=1S/C21H23F3N6O2S/c1-2-8-29-18(32)15-6-3-4-7-16(15)30-19(29)25-26-20(30)33-13-17(31)28-10-5-9-27(11-12-28)14-21(22,23)24/h2-4,6-7H,1,5,8-14H2. The fourth-order valence-corrected chi connectivity index (χ4v) is 4.81. The Morgan fingerprint density at radius 1 is 1.15 bits per heavy atom. The highest BCUT2D eigenvalue weighted by Gasteiger charge is 2.32. The molecule has 0 unspecified atom stereocenters. The number of para-hydroxylation sites is 1. The zero-order valence-corrected chi connectivity index (χ0v) is 18.6. The Morgan fingerprint density at radius 3 is 2.70 bits per heavy atom. The van der Waals surface area contributed by atoms with Crippen molar-refractivity contribution in [3.8, 4) is 0 Å². The van der Waals surface area contributed by atoms with Gasteiger partial charge >= 0.3 is 6.18 Å². The van der Waals surface area contributed by atoms with Gasteiger partial charge in [-0.25, -0.2) is 0 Å². The van der Waals surface area contributed by atoms with Crippen LogP contribution < -0.4 is 5.56 Å². The topological polar surface area (TPSA) is 75.7 Å². The van der Waals surface area contributed by atoms with Gasteiger partial charge in [-0.1, -0.05) is 30.0 Å². The summed E-state index contributed by atoms with van der Waals surface area (Å²) in [4.78, 5) is 28.6. The van der Waals surface area contributed by atoms with Crippen LogP contribution in [-0.2, 0) is 11.3 Å². The van der Waals surface area contributed by atoms with E-state index in [-0.39, 0.29) is 36.9 Å². The molecule has 1 amide bonds. The molecule has 1 aromatic carbocycles. The van der Waals surface area contributed by atoms with E-state index in [1.165, 1.54) is 21.2 Å². The molecular weight excluding hydrogens is 457 g/mol. The smallest absolute Gasteiger partial charge is 0.341 e. The largest absolute Gasteiger partial charge is 0.401 e. The van der Waals surface area contributed by atoms with E-state index >= 15 is 0 Å². The summed E-state index contributed by atoms with van der Waals surface area (Å²) in [6.07, 6.45) is -2.17. The van der Waals surface area contributed by atoms with Gasteiger partial charge < -0.3 is 4.90 Å². The molecule has 1 aliphatic heterocycles. The summed E-state index contributed by atoms with van der Waals surface area (Å²) in [6, 6.07) is 7.10. The Labute approximate surface area is 191 Å². The van der Waals surface area contributed by atoms with Crippen LogP contribution in [0.1, 0.15) is 6.42 Å². The number of hydrogen-bond acceptors (Lipinski definition) is 6. The van der Waals surface area contributed by atoms with E-state index in [1.54, 1.807) is 33.6 Å². The minimum Gasteiger partial charge on any atom is -0.341 e. The number of hydrogen-bond donors (Lipinski definition) is 0. The van der Waals surface area contributed by atoms with Crippen LogP contribution in [0.25, 0.3) is 16.7 Å². The molecule has 33 heavy (non-hydrogen) atoms. The van der Waals surface area contributed by atoms with Crippen LogP contribution in [0.3, 0.4) is 0 Å². The second-order valence-electron chi connectivity index (χ2n) is 7.75. The predicted molar refractivity (Wildman–Crippen MR) is 119 cm³/mol. The molecule has 0 atom stereocenters. The van der Waals surface area contributed by atoms with Crippen LogP contribution in [0.15, 0.2) is 46.9 Å². The third-order valence-electron chi connectivity index (χ3n) is 5.46. The van der Waals surface area contributed by atoms with E-state index in [9.17, 15) is 22.8 Å². The van der Waals surface area contributed by atoms with Gasteiger partial charge in [-0.2, -0.15) is 13.2 Å². The first kappa shape index (κ1) is 23.3. The number of nitrogens with zero attached hydrogens (tertiary/aromatic N) is 6. The first-order valence-electron chi connectivity index (χ1n) is 10.5. The van der Waals surface area contributed by atoms with Gasteiger partial charge in [-0.05, 0) is 18.6 Å². The molecule has 0 saturated carbocycles. The van der Waals surface area contributed by atoms with Crippen LogP contribution in [0.4, 0.5) is 13.2 Å². The third-order valence-corrected chi connectivity index (χ3v) is 6.37. The highest BCUT2D eigenvalue weighted by atomic mass is 32.2. The van der Waals surface area contributed by atoms with E-state index in [1.807, 2.05) is 6.07 Å². The average molecular weight is 481 g/mol. The van der Waals surface area contributed by atoms with Gasteiger partial charge in [-0.3, -0.25) is 23.5 Å². The predicted octanol–water partition coefficient (Wildman–Crippen LogP) is 2.42. The van der Waals surface area contributed by atoms with Crippen molar-refractivity contribution in [1.29, 1.82) is 0 Å². The monoisotopic (exact) mass is 480 g/mol. The zero-order valence-electron chi connectivity index (χ0n) is 17.8. The lowest BCUT2D eigenvalue weighted by Gasteiger charge is -2.22. The van der Waals surface area contributed by atoms with E-state index in [2.05, 4.69) is 16.8 Å². The molecule has 0 radical (unpaired) electrons. The quantitative estimate of drug-likeness (QED) is 0.399. The van der Waals surface area contributed by atoms with Crippen LogP contribution >= 0.6 is 11.8 Å². The van der Waals surface area contributed by atoms with Gasteiger partial charge in [0.15, 0.2) is 5.16 Å². The fourth-order valence-electron chi connectivity index (χ4n) is 3.97. The number of aromatic nitrogens is 4. The molecule has 0 bridgehead atoms. The highest BCUT2D eigenvalue weighted by molar-refractivity contribution is 7.99. The number of benzene rings is 1. The number of rotatable bonds is 6. The zero-order chi connectivity index (χ0) is 23.6. The van der Waals surface area contributed by atoms with Gasteiger partial charge in [0.25, 0.3) is 5.56 Å². The molecule has 3 heterocycles. The second kappa shape index (κ2) is 9.56. The SMILES string of the molecule is C=CCn1c(=O)c2ccccc2n2c(SCC(=O)N3CCCN(CC(F)(F)F)CC3)nnc12. The van der Waals surface area contributed by atoms with Crippen molar-refractivity contribution in [2.45, 2.75) is 24.3 Å². The molecule has 0 spiro atoms. The van der Waals surface area contributed by atoms with Crippen LogP contribution in [-0.4, -0.2) is 79.5 Å². The summed E-state index contributed by atoms with van der Waals surface area (Å²) >= 11 is 1.19. The summed E-state index contributed by atoms with van der Waals surface area (Å²) in [5.41, 5.74) is 0.432. The van der Waals surface area contributed by atoms with Gasteiger partial charge in [0.2, 0.25) is 11.7 Å². The van der Waals surface area contributed by atoms with Crippen molar-refractivity contribution in [3.63, 3.8) is 0 Å². The number of thioether (sulfide) groups is 1. The Kier molecular flexibility index (Phi) is 6.75. The minimum absolute atomic E-state index is 0.0645. The van der Waals surface area contributed by atoms with Crippen LogP contribution in [0, 0.1) is 0 Å². The first-order chi connectivity index (χ1) is 15.8. The maximum Gasteiger partial charge on any atom is 0.401 e. The Balaban J connectivity index is 1.53. The summed E-state index contributed by atoms with van der Waals surface area (Å²) in [6.45, 7) is 4.14. The van der Waals surface area contributed by atoms with Gasteiger partial charge in [-0.15, -0.1) is 16.8 Å². The lowest BCUT2D eigenvalue weighted by atomic mass is 10.2. The van der Waals surface area contributed by atoms with E-state index < -0.39 is 12.7 Å². The van der Waals surface area contributed by atoms with Gasteiger partial charge in [0.1, 0.15) is 0 Å². The van der Waals surface area contributed by atoms with Gasteiger partial charge in [0, 0.05) is 32.7 Å². The van der Waals surface area contributed by atoms with E-state index in [0.717, 1.165) is 0 Å². The Morgan fingerprint density at radius 2 is 1.94 bits per heavy atom. The molecule has 4 rings (SSSR count). The van der Waals surface area contributed by atoms with Crippen molar-refractivity contribution in [2.75, 3.05) is 38.5 Å². The van der Waals surface area contributed by atoms with E-state index in [0.29, 0.717) is 41.3 Å². The molecule has 1 saturated heterocycles. The van der Waals surface area contributed by atoms with Crippen molar-refractivity contribution < 1.29 is 18.0 Å². The van der Waals surface area contributed by atoms with E-state index in [4.69, 9.17) is 0 Å². The van der Waals surface area contributed by atoms with Gasteiger partial charge in [0.05, 0.1) is 23.2 Å². The normalized spacial score (nSPS) is 15.8. The lowest BCUT2D eigenvalue weighted by Crippen LogP contribution is -2.39. The molecular formula is C21H23F3N6O2S. The minimum atomic E-state index is -4.25. The molecule has 0 N–H and O–H groups in total. The summed E-state index contributed by atoms with van der Waals surface area (Å²) in [5, 5.41) is 9.32. The third kappa shape index (κ3) is 5.06. The molecule has 0 aliphatic carbocycles. The highest BCUT2D eigenvalue weighted by Crippen LogP contribution is 2.23. The van der Waals surface area contributed by atoms with Crippen molar-refractivity contribution in [2.24, 2.45) is 0 Å². The molecule has 3 aromatic rings. The number of carbonyl (C=O) groups is 1. The fraction of sp³-hybridized carbons (Fsp3) is 0.429. The molecule has 1 fully saturated rings. The number of allylic oxidation sites excluding steroid dienone is 1. The van der Waals surface area contributed by atoms with Crippen molar-refractivity contribution >= 4 is 34.3 Å². The van der Waals surface area contributed by atoms with Crippen LogP contribution in [0.5, 0.6) is 0 Å². The summed E-state index contributed by atoms with van der Waals surface area (Å²) in [5.74, 6) is 0.245. The number of amides is 1. The maximum atomic E-state index is 12.9. The number of fused-ring (bicyclic) bond motifs is 3. The molecule has 1 aliphatic rings. The maximum absolute atomic E-state index is 12.9.